The summed E-state index contributed by atoms with van der Waals surface area (Å²) in [7, 11) is 0. The molecule has 0 fully saturated rings. The van der Waals surface area contributed by atoms with E-state index in [0.29, 0.717) is 5.82 Å². The Hall–Kier alpha value is -7.36. The second-order valence-electron chi connectivity index (χ2n) is 14.1. The van der Waals surface area contributed by atoms with Crippen LogP contribution in [0.5, 0.6) is 0 Å². The van der Waals surface area contributed by atoms with Gasteiger partial charge in [0.2, 0.25) is 0 Å². The largest absolute Gasteiger partial charge is 0.455 e. The molecular weight excluding hydrogens is 669 g/mol. The quantitative estimate of drug-likeness (QED) is 0.133. The molecule has 0 saturated heterocycles. The third-order valence-corrected chi connectivity index (χ3v) is 10.9. The van der Waals surface area contributed by atoms with E-state index in [9.17, 15) is 0 Å². The molecule has 55 heavy (non-hydrogen) atoms. The molecule has 0 spiro atoms. The van der Waals surface area contributed by atoms with E-state index in [1.54, 1.807) is 0 Å². The van der Waals surface area contributed by atoms with Gasteiger partial charge in [0.05, 0.1) is 11.4 Å². The van der Waals surface area contributed by atoms with Crippen LogP contribution in [0.4, 0.5) is 0 Å². The lowest BCUT2D eigenvalue weighted by Crippen LogP contribution is -1.96. The molecule has 11 rings (SSSR count). The Kier molecular flexibility index (Phi) is 7.17. The van der Waals surface area contributed by atoms with Crippen LogP contribution >= 0.6 is 0 Å². The van der Waals surface area contributed by atoms with Crippen molar-refractivity contribution in [3.8, 4) is 56.2 Å². The van der Waals surface area contributed by atoms with Gasteiger partial charge < -0.3 is 4.42 Å². The smallest absolute Gasteiger partial charge is 0.160 e. The van der Waals surface area contributed by atoms with Gasteiger partial charge in [-0.1, -0.05) is 170 Å². The third kappa shape index (κ3) is 5.28. The minimum absolute atomic E-state index is 0.676. The van der Waals surface area contributed by atoms with Crippen molar-refractivity contribution in [3.63, 3.8) is 0 Å². The number of furan rings is 1. The second-order valence-corrected chi connectivity index (χ2v) is 14.1. The van der Waals surface area contributed by atoms with Crippen LogP contribution in [0.3, 0.4) is 0 Å². The molecule has 0 amide bonds. The molecule has 0 unspecified atom stereocenters. The zero-order chi connectivity index (χ0) is 36.3. The second kappa shape index (κ2) is 12.6. The summed E-state index contributed by atoms with van der Waals surface area (Å²) in [5.41, 5.74) is 11.1. The molecule has 0 saturated carbocycles. The van der Waals surface area contributed by atoms with E-state index in [-0.39, 0.29) is 0 Å². The number of rotatable bonds is 5. The van der Waals surface area contributed by atoms with Gasteiger partial charge in [0.1, 0.15) is 11.2 Å². The summed E-state index contributed by atoms with van der Waals surface area (Å²) in [6, 6.07) is 68.7. The van der Waals surface area contributed by atoms with E-state index in [1.807, 2.05) is 36.4 Å². The summed E-state index contributed by atoms with van der Waals surface area (Å²) in [4.78, 5) is 10.2. The van der Waals surface area contributed by atoms with E-state index >= 15 is 0 Å². The normalized spacial score (nSPS) is 11.6. The Balaban J connectivity index is 0.984. The maximum Gasteiger partial charge on any atom is 0.160 e. The molecule has 0 N–H and O–H groups in total. The topological polar surface area (TPSA) is 38.9 Å². The van der Waals surface area contributed by atoms with Crippen LogP contribution in [0.25, 0.3) is 110 Å². The monoisotopic (exact) mass is 700 g/mol. The van der Waals surface area contributed by atoms with Gasteiger partial charge in [-0.15, -0.1) is 0 Å². The van der Waals surface area contributed by atoms with Crippen LogP contribution in [0.2, 0.25) is 0 Å². The number of benzene rings is 9. The van der Waals surface area contributed by atoms with Gasteiger partial charge in [-0.2, -0.15) is 0 Å². The predicted octanol–water partition coefficient (Wildman–Crippen LogP) is 14.2. The number of aromatic nitrogens is 2. The number of fused-ring (bicyclic) bond motifs is 7. The van der Waals surface area contributed by atoms with Crippen molar-refractivity contribution in [1.82, 2.24) is 9.97 Å². The van der Waals surface area contributed by atoms with Crippen molar-refractivity contribution in [2.24, 2.45) is 0 Å². The predicted molar refractivity (Wildman–Crippen MR) is 229 cm³/mol. The van der Waals surface area contributed by atoms with Crippen LogP contribution < -0.4 is 0 Å². The van der Waals surface area contributed by atoms with Gasteiger partial charge in [0, 0.05) is 27.5 Å². The van der Waals surface area contributed by atoms with E-state index in [1.165, 1.54) is 43.4 Å². The Labute approximate surface area is 317 Å². The molecule has 9 aromatic carbocycles. The molecule has 256 valence electrons. The summed E-state index contributed by atoms with van der Waals surface area (Å²) >= 11 is 0. The number of para-hydroxylation sites is 2. The van der Waals surface area contributed by atoms with Crippen molar-refractivity contribution in [2.45, 2.75) is 0 Å². The molecule has 0 aliphatic rings. The summed E-state index contributed by atoms with van der Waals surface area (Å²) in [6.07, 6.45) is 0. The van der Waals surface area contributed by atoms with Crippen LogP contribution in [0.1, 0.15) is 0 Å². The molecule has 3 nitrogen and oxygen atoms in total. The van der Waals surface area contributed by atoms with E-state index < -0.39 is 0 Å². The van der Waals surface area contributed by atoms with Crippen molar-refractivity contribution in [3.05, 3.63) is 194 Å². The minimum Gasteiger partial charge on any atom is -0.455 e. The molecule has 0 radical (unpaired) electrons. The standard InChI is InChI=1S/C52H32N2O/c1-2-12-38(13-3-1)52-53-47(32-48(54-52)45-19-10-18-44-42-17-8-9-20-49(42)55-51(44)45)36-25-21-33(22-26-36)34-23-27-37(28-24-34)50-41-16-7-5-14-39(41)31-46-40-15-6-4-11-35(40)29-30-43(46)50/h1-32H. The summed E-state index contributed by atoms with van der Waals surface area (Å²) in [5.74, 6) is 0.676. The van der Waals surface area contributed by atoms with Crippen LogP contribution in [0, 0.1) is 0 Å². The van der Waals surface area contributed by atoms with Crippen LogP contribution in [-0.2, 0) is 0 Å². The Morgan fingerprint density at radius 1 is 0.327 bits per heavy atom. The number of hydrogen-bond donors (Lipinski definition) is 0. The lowest BCUT2D eigenvalue weighted by Gasteiger charge is -2.14. The van der Waals surface area contributed by atoms with Crippen molar-refractivity contribution >= 4 is 54.3 Å². The minimum atomic E-state index is 0.676. The average molecular weight is 701 g/mol. The maximum absolute atomic E-state index is 6.43. The first kappa shape index (κ1) is 31.2. The summed E-state index contributed by atoms with van der Waals surface area (Å²) in [5, 5.41) is 9.77. The molecule has 0 aliphatic heterocycles. The molecule has 0 bridgehead atoms. The van der Waals surface area contributed by atoms with E-state index in [0.717, 1.165) is 61.1 Å². The van der Waals surface area contributed by atoms with Crippen molar-refractivity contribution in [2.75, 3.05) is 0 Å². The highest BCUT2D eigenvalue weighted by molar-refractivity contribution is 6.20. The first-order valence-electron chi connectivity index (χ1n) is 18.6. The SMILES string of the molecule is c1ccc(-c2nc(-c3ccc(-c4ccc(-c5c6ccccc6cc6c5ccc5ccccc56)cc4)cc3)cc(-c3cccc4c3oc3ccccc34)n2)cc1. The number of nitrogens with zero attached hydrogens (tertiary/aromatic N) is 2. The van der Waals surface area contributed by atoms with Gasteiger partial charge in [-0.3, -0.25) is 0 Å². The third-order valence-electron chi connectivity index (χ3n) is 10.9. The van der Waals surface area contributed by atoms with Gasteiger partial charge in [0.25, 0.3) is 0 Å². The van der Waals surface area contributed by atoms with Crippen LogP contribution in [0.15, 0.2) is 199 Å². The Morgan fingerprint density at radius 3 is 1.75 bits per heavy atom. The fourth-order valence-electron chi connectivity index (χ4n) is 8.19. The van der Waals surface area contributed by atoms with Gasteiger partial charge in [-0.25, -0.2) is 9.97 Å². The zero-order valence-corrected chi connectivity index (χ0v) is 29.8. The molecule has 0 atom stereocenters. The van der Waals surface area contributed by atoms with Crippen molar-refractivity contribution < 1.29 is 4.42 Å². The van der Waals surface area contributed by atoms with E-state index in [4.69, 9.17) is 14.4 Å². The first-order valence-corrected chi connectivity index (χ1v) is 18.6. The zero-order valence-electron chi connectivity index (χ0n) is 29.8. The summed E-state index contributed by atoms with van der Waals surface area (Å²) < 4.78 is 6.43. The molecule has 2 aromatic heterocycles. The highest BCUT2D eigenvalue weighted by atomic mass is 16.3. The molecule has 11 aromatic rings. The molecular formula is C52H32N2O. The van der Waals surface area contributed by atoms with E-state index in [2.05, 4.69) is 158 Å². The molecule has 0 aliphatic carbocycles. The lowest BCUT2D eigenvalue weighted by atomic mass is 9.89. The lowest BCUT2D eigenvalue weighted by molar-refractivity contribution is 0.670. The van der Waals surface area contributed by atoms with Crippen molar-refractivity contribution in [1.29, 1.82) is 0 Å². The first-order chi connectivity index (χ1) is 27.2. The molecule has 2 heterocycles. The van der Waals surface area contributed by atoms with Gasteiger partial charge in [0.15, 0.2) is 5.82 Å². The van der Waals surface area contributed by atoms with Crippen LogP contribution in [-0.4, -0.2) is 9.97 Å². The fraction of sp³-hybridized carbons (Fsp3) is 0. The summed E-state index contributed by atoms with van der Waals surface area (Å²) in [6.45, 7) is 0. The molecule has 3 heteroatoms. The van der Waals surface area contributed by atoms with Gasteiger partial charge >= 0.3 is 0 Å². The van der Waals surface area contributed by atoms with Gasteiger partial charge in [-0.05, 0) is 78.8 Å². The Morgan fingerprint density at radius 2 is 0.945 bits per heavy atom. The number of hydrogen-bond acceptors (Lipinski definition) is 3. The highest BCUT2D eigenvalue weighted by Crippen LogP contribution is 2.41. The average Bonchev–Trinajstić information content (AvgIpc) is 3.65. The Bertz CT molecular complexity index is 3230. The highest BCUT2D eigenvalue weighted by Gasteiger charge is 2.17. The maximum atomic E-state index is 6.43. The fourth-order valence-corrected chi connectivity index (χ4v) is 8.19.